The molecule has 1 aromatic carbocycles. The van der Waals surface area contributed by atoms with Crippen LogP contribution in [0.3, 0.4) is 0 Å². The fourth-order valence-electron chi connectivity index (χ4n) is 8.98. The number of Topliss-reactive ketones (excluding diaryl/α,β-unsaturated/α-hetero) is 3. The molecule has 0 bridgehead atoms. The van der Waals surface area contributed by atoms with Crippen molar-refractivity contribution < 1.29 is 32.4 Å². The lowest BCUT2D eigenvalue weighted by Crippen LogP contribution is -2.61. The Balaban J connectivity index is 1.17. The fraction of sp³-hybridized carbons (Fsp3) is 0.732. The fourth-order valence-corrected chi connectivity index (χ4v) is 10.6. The van der Waals surface area contributed by atoms with Gasteiger partial charge in [0.25, 0.3) is 0 Å². The molecule has 4 fully saturated rings. The number of fused-ring (bicyclic) bond motifs is 2. The Morgan fingerprint density at radius 3 is 2.13 bits per heavy atom. The summed E-state index contributed by atoms with van der Waals surface area (Å²) < 4.78 is 28.2. The highest BCUT2D eigenvalue weighted by molar-refractivity contribution is 7.89. The highest BCUT2D eigenvalue weighted by Gasteiger charge is 2.52. The third-order valence-corrected chi connectivity index (χ3v) is 14.6. The Morgan fingerprint density at radius 2 is 1.53 bits per heavy atom. The number of carbonyl (C=O) groups is 5. The monoisotopic (exact) mass is 752 g/mol. The van der Waals surface area contributed by atoms with Gasteiger partial charge in [-0.3, -0.25) is 19.2 Å². The zero-order valence-electron chi connectivity index (χ0n) is 32.5. The van der Waals surface area contributed by atoms with Crippen molar-refractivity contribution in [1.29, 1.82) is 0 Å². The van der Waals surface area contributed by atoms with E-state index in [9.17, 15) is 32.4 Å². The van der Waals surface area contributed by atoms with Gasteiger partial charge in [-0.05, 0) is 78.2 Å². The first-order chi connectivity index (χ1) is 24.8. The van der Waals surface area contributed by atoms with Crippen molar-refractivity contribution in [1.82, 2.24) is 19.8 Å². The summed E-state index contributed by atoms with van der Waals surface area (Å²) in [5.74, 6) is -1.13. The molecular weight excluding hydrogens is 693 g/mol. The SMILES string of the molecule is CC(C)(C)[C@H](NC(=O)N[C@H](CN1Cc2ccccc2S1(=O)=O)C(C)(C)C)C(=O)N1C[C@@H]2CCC[C@@H]2[C@H]1C(=O)CC(CC1CCC1)C(=O)C(=O)CC1CC1. The highest BCUT2D eigenvalue weighted by Crippen LogP contribution is 2.45. The largest absolute Gasteiger partial charge is 0.334 e. The van der Waals surface area contributed by atoms with Crippen LogP contribution in [0.5, 0.6) is 0 Å². The van der Waals surface area contributed by atoms with Crippen LogP contribution in [-0.2, 0) is 35.7 Å². The summed E-state index contributed by atoms with van der Waals surface area (Å²) in [7, 11) is -3.73. The summed E-state index contributed by atoms with van der Waals surface area (Å²) in [6.45, 7) is 12.1. The quantitative estimate of drug-likeness (QED) is 0.233. The molecule has 6 rings (SSSR count). The number of hydrogen-bond donors (Lipinski definition) is 2. The van der Waals surface area contributed by atoms with Crippen LogP contribution in [0.1, 0.15) is 118 Å². The summed E-state index contributed by atoms with van der Waals surface area (Å²) in [6.07, 6.45) is 8.53. The zero-order chi connectivity index (χ0) is 38.5. The Morgan fingerprint density at radius 1 is 0.849 bits per heavy atom. The molecule has 2 aliphatic heterocycles. The molecule has 1 aromatic rings. The molecule has 0 radical (unpaired) electrons. The van der Waals surface area contributed by atoms with Gasteiger partial charge in [-0.1, -0.05) is 85.4 Å². The molecule has 1 unspecified atom stereocenters. The van der Waals surface area contributed by atoms with Crippen molar-refractivity contribution >= 4 is 39.3 Å². The Bertz CT molecular complexity index is 1700. The number of ketones is 3. The van der Waals surface area contributed by atoms with Gasteiger partial charge in [-0.25, -0.2) is 13.2 Å². The lowest BCUT2D eigenvalue weighted by Gasteiger charge is -2.38. The molecular formula is C41H60N4O7S. The predicted molar refractivity (Wildman–Crippen MR) is 201 cm³/mol. The van der Waals surface area contributed by atoms with Crippen LogP contribution in [-0.4, -0.2) is 78.1 Å². The predicted octanol–water partition coefficient (Wildman–Crippen LogP) is 5.65. The second-order valence-corrected chi connectivity index (χ2v) is 20.8. The van der Waals surface area contributed by atoms with E-state index < -0.39 is 56.7 Å². The number of rotatable bonds is 14. The van der Waals surface area contributed by atoms with Crippen molar-refractivity contribution in [3.05, 3.63) is 29.8 Å². The average Bonchev–Trinajstić information content (AvgIpc) is 3.52. The second kappa shape index (κ2) is 15.2. The van der Waals surface area contributed by atoms with Crippen LogP contribution in [0.2, 0.25) is 0 Å². The number of nitrogens with one attached hydrogen (secondary N) is 2. The van der Waals surface area contributed by atoms with Gasteiger partial charge in [0, 0.05) is 44.4 Å². The lowest BCUT2D eigenvalue weighted by molar-refractivity contribution is -0.144. The normalized spacial score (nSPS) is 25.8. The maximum absolute atomic E-state index is 14.7. The number of urea groups is 1. The molecule has 6 atom stereocenters. The number of nitrogens with zero attached hydrogens (tertiary/aromatic N) is 2. The molecule has 3 aliphatic carbocycles. The standard InChI is InChI=1S/C41H60N4O7S/c1-40(2,3)34(24-44-22-28-13-7-8-16-33(28)53(44,51)52)42-39(50)43-37(41(4,5)6)38(49)45-23-27-14-10-15-30(27)35(45)31(46)21-29(19-25-11-9-12-25)36(48)32(47)20-26-17-18-26/h7-8,13,16,25-27,29-30,34-35,37H,9-12,14-15,17-24H2,1-6H3,(H2,42,43,50)/t27-,29?,30-,34+,35-,37+/m0/s1. The van der Waals surface area contributed by atoms with Crippen LogP contribution in [0.15, 0.2) is 29.2 Å². The average molecular weight is 753 g/mol. The first kappa shape index (κ1) is 39.6. The minimum absolute atomic E-state index is 0.0145. The van der Waals surface area contributed by atoms with Gasteiger partial charge in [0.1, 0.15) is 6.04 Å². The van der Waals surface area contributed by atoms with Crippen LogP contribution < -0.4 is 10.6 Å². The van der Waals surface area contributed by atoms with Gasteiger partial charge < -0.3 is 15.5 Å². The lowest BCUT2D eigenvalue weighted by atomic mass is 9.75. The summed E-state index contributed by atoms with van der Waals surface area (Å²) in [4.78, 5) is 71.4. The smallest absolute Gasteiger partial charge is 0.315 e. The highest BCUT2D eigenvalue weighted by atomic mass is 32.2. The van der Waals surface area contributed by atoms with Crippen molar-refractivity contribution in [2.75, 3.05) is 13.1 Å². The van der Waals surface area contributed by atoms with Crippen molar-refractivity contribution in [3.63, 3.8) is 0 Å². The summed E-state index contributed by atoms with van der Waals surface area (Å²) in [6, 6.07) is 4.04. The Hall–Kier alpha value is -3.12. The number of hydrogen-bond acceptors (Lipinski definition) is 7. The number of likely N-dealkylation sites (tertiary alicyclic amines) is 1. The van der Waals surface area contributed by atoms with E-state index >= 15 is 0 Å². The Kier molecular flexibility index (Phi) is 11.3. The van der Waals surface area contributed by atoms with E-state index in [4.69, 9.17) is 0 Å². The topological polar surface area (TPSA) is 150 Å². The second-order valence-electron chi connectivity index (χ2n) is 18.9. The molecule has 292 valence electrons. The molecule has 11 nitrogen and oxygen atoms in total. The first-order valence-corrected chi connectivity index (χ1v) is 21.3. The molecule has 3 amide bonds. The summed E-state index contributed by atoms with van der Waals surface area (Å²) in [5, 5.41) is 5.95. The van der Waals surface area contributed by atoms with Gasteiger partial charge in [-0.15, -0.1) is 0 Å². The first-order valence-electron chi connectivity index (χ1n) is 19.9. The third kappa shape index (κ3) is 8.74. The maximum atomic E-state index is 14.7. The molecule has 5 aliphatic rings. The molecule has 1 saturated heterocycles. The van der Waals surface area contributed by atoms with Gasteiger partial charge in [0.2, 0.25) is 21.7 Å². The van der Waals surface area contributed by atoms with Gasteiger partial charge >= 0.3 is 6.03 Å². The van der Waals surface area contributed by atoms with Crippen LogP contribution in [0.4, 0.5) is 4.79 Å². The van der Waals surface area contributed by atoms with E-state index in [0.717, 1.165) is 51.4 Å². The molecule has 3 saturated carbocycles. The van der Waals surface area contributed by atoms with E-state index in [-0.39, 0.29) is 66.1 Å². The molecule has 12 heteroatoms. The van der Waals surface area contributed by atoms with Crippen molar-refractivity contribution in [2.45, 2.75) is 142 Å². The minimum Gasteiger partial charge on any atom is -0.334 e. The molecule has 2 N–H and O–H groups in total. The van der Waals surface area contributed by atoms with E-state index in [2.05, 4.69) is 10.6 Å². The molecule has 0 spiro atoms. The van der Waals surface area contributed by atoms with Crippen LogP contribution >= 0.6 is 0 Å². The van der Waals surface area contributed by atoms with Crippen LogP contribution in [0.25, 0.3) is 0 Å². The Labute approximate surface area is 315 Å². The van der Waals surface area contributed by atoms with Crippen molar-refractivity contribution in [3.8, 4) is 0 Å². The molecule has 2 heterocycles. The van der Waals surface area contributed by atoms with Gasteiger partial charge in [-0.2, -0.15) is 4.31 Å². The van der Waals surface area contributed by atoms with Crippen LogP contribution in [0, 0.1) is 40.4 Å². The molecule has 53 heavy (non-hydrogen) atoms. The van der Waals surface area contributed by atoms with E-state index in [0.29, 0.717) is 24.4 Å². The number of amides is 3. The number of sulfonamides is 1. The van der Waals surface area contributed by atoms with Gasteiger partial charge in [0.05, 0.1) is 10.9 Å². The van der Waals surface area contributed by atoms with E-state index in [1.807, 2.05) is 47.6 Å². The zero-order valence-corrected chi connectivity index (χ0v) is 33.3. The van der Waals surface area contributed by atoms with E-state index in [1.165, 1.54) is 4.31 Å². The third-order valence-electron chi connectivity index (χ3n) is 12.7. The minimum atomic E-state index is -3.73. The van der Waals surface area contributed by atoms with Crippen molar-refractivity contribution in [2.24, 2.45) is 40.4 Å². The number of benzene rings is 1. The summed E-state index contributed by atoms with van der Waals surface area (Å²) >= 11 is 0. The molecule has 0 aromatic heterocycles. The van der Waals surface area contributed by atoms with Gasteiger partial charge in [0.15, 0.2) is 11.6 Å². The van der Waals surface area contributed by atoms with E-state index in [1.54, 1.807) is 23.1 Å². The maximum Gasteiger partial charge on any atom is 0.315 e. The number of carbonyl (C=O) groups excluding carboxylic acids is 5. The summed E-state index contributed by atoms with van der Waals surface area (Å²) in [5.41, 5.74) is -0.541.